The summed E-state index contributed by atoms with van der Waals surface area (Å²) in [6.07, 6.45) is 6.20. The highest BCUT2D eigenvalue weighted by Crippen LogP contribution is 2.23. The first kappa shape index (κ1) is 10.4. The van der Waals surface area contributed by atoms with Crippen LogP contribution in [0.2, 0.25) is 0 Å². The van der Waals surface area contributed by atoms with E-state index in [1.54, 1.807) is 24.7 Å². The van der Waals surface area contributed by atoms with E-state index in [1.165, 1.54) is 12.3 Å². The minimum Gasteiger partial charge on any atom is -0.506 e. The molecular weight excluding hydrogens is 232 g/mol. The Morgan fingerprint density at radius 1 is 1.06 bits per heavy atom. The van der Waals surface area contributed by atoms with Gasteiger partial charge in [0.25, 0.3) is 5.89 Å². The van der Waals surface area contributed by atoms with Crippen molar-refractivity contribution >= 4 is 0 Å². The first-order chi connectivity index (χ1) is 8.83. The van der Waals surface area contributed by atoms with Gasteiger partial charge >= 0.3 is 0 Å². The van der Waals surface area contributed by atoms with Crippen LogP contribution in [0.5, 0.6) is 5.75 Å². The smallest absolute Gasteiger partial charge is 0.259 e. The Hall–Kier alpha value is -2.76. The average Bonchev–Trinajstić information content (AvgIpc) is 2.89. The minimum atomic E-state index is 0.0497. The van der Waals surface area contributed by atoms with Crippen LogP contribution in [0.3, 0.4) is 0 Å². The zero-order valence-corrected chi connectivity index (χ0v) is 9.19. The number of hydrogen-bond acceptors (Lipinski definition) is 6. The lowest BCUT2D eigenvalue weighted by atomic mass is 10.2. The van der Waals surface area contributed by atoms with Gasteiger partial charge in [0, 0.05) is 24.2 Å². The minimum absolute atomic E-state index is 0.0497. The predicted molar refractivity (Wildman–Crippen MR) is 62.4 cm³/mol. The summed E-state index contributed by atoms with van der Waals surface area (Å²) in [4.78, 5) is 12.1. The summed E-state index contributed by atoms with van der Waals surface area (Å²) in [5.74, 6) is 0.798. The van der Waals surface area contributed by atoms with Crippen molar-refractivity contribution in [2.24, 2.45) is 0 Å². The Morgan fingerprint density at radius 3 is 2.72 bits per heavy atom. The topological polar surface area (TPSA) is 84.9 Å². The monoisotopic (exact) mass is 240 g/mol. The second-order valence-electron chi connectivity index (χ2n) is 3.60. The van der Waals surface area contributed by atoms with Crippen molar-refractivity contribution in [3.8, 4) is 28.6 Å². The number of aromatic nitrogens is 4. The molecule has 6 nitrogen and oxygen atoms in total. The molecule has 3 heterocycles. The molecule has 88 valence electrons. The van der Waals surface area contributed by atoms with E-state index < -0.39 is 0 Å². The summed E-state index contributed by atoms with van der Waals surface area (Å²) in [5.41, 5.74) is 1.33. The molecule has 3 aromatic rings. The van der Waals surface area contributed by atoms with Crippen molar-refractivity contribution in [3.63, 3.8) is 0 Å². The highest BCUT2D eigenvalue weighted by molar-refractivity contribution is 5.59. The van der Waals surface area contributed by atoms with Gasteiger partial charge in [0.2, 0.25) is 5.82 Å². The average molecular weight is 240 g/mol. The van der Waals surface area contributed by atoms with Crippen molar-refractivity contribution in [1.29, 1.82) is 0 Å². The normalized spacial score (nSPS) is 10.4. The Morgan fingerprint density at radius 2 is 1.94 bits per heavy atom. The molecule has 0 aliphatic carbocycles. The van der Waals surface area contributed by atoms with Crippen molar-refractivity contribution < 1.29 is 9.63 Å². The van der Waals surface area contributed by atoms with Crippen LogP contribution in [0.15, 0.2) is 47.5 Å². The van der Waals surface area contributed by atoms with E-state index in [0.29, 0.717) is 17.3 Å². The van der Waals surface area contributed by atoms with Crippen LogP contribution in [0, 0.1) is 0 Å². The molecule has 0 bridgehead atoms. The molecule has 3 rings (SSSR count). The van der Waals surface area contributed by atoms with Gasteiger partial charge in [-0.3, -0.25) is 9.97 Å². The van der Waals surface area contributed by atoms with Gasteiger partial charge in [-0.25, -0.2) is 0 Å². The van der Waals surface area contributed by atoms with Crippen molar-refractivity contribution in [3.05, 3.63) is 43.0 Å². The second kappa shape index (κ2) is 4.25. The lowest BCUT2D eigenvalue weighted by Gasteiger charge is -1.93. The third-order valence-corrected chi connectivity index (χ3v) is 2.32. The molecule has 0 saturated heterocycles. The summed E-state index contributed by atoms with van der Waals surface area (Å²) in [6.45, 7) is 0. The van der Waals surface area contributed by atoms with Crippen LogP contribution in [-0.4, -0.2) is 25.2 Å². The highest BCUT2D eigenvalue weighted by atomic mass is 16.5. The fourth-order valence-electron chi connectivity index (χ4n) is 1.50. The number of rotatable bonds is 2. The lowest BCUT2D eigenvalue weighted by Crippen LogP contribution is -1.82. The van der Waals surface area contributed by atoms with E-state index in [1.807, 2.05) is 6.07 Å². The summed E-state index contributed by atoms with van der Waals surface area (Å²) in [5, 5.41) is 13.2. The van der Waals surface area contributed by atoms with E-state index in [-0.39, 0.29) is 5.75 Å². The van der Waals surface area contributed by atoms with Crippen LogP contribution < -0.4 is 0 Å². The maximum absolute atomic E-state index is 9.34. The molecule has 0 aliphatic heterocycles. The molecular formula is C12H8N4O2. The van der Waals surface area contributed by atoms with E-state index >= 15 is 0 Å². The zero-order valence-electron chi connectivity index (χ0n) is 9.19. The molecule has 0 unspecified atom stereocenters. The molecule has 18 heavy (non-hydrogen) atoms. The van der Waals surface area contributed by atoms with Gasteiger partial charge in [0.15, 0.2) is 0 Å². The molecule has 6 heteroatoms. The van der Waals surface area contributed by atoms with Crippen LogP contribution in [0.1, 0.15) is 0 Å². The van der Waals surface area contributed by atoms with E-state index in [4.69, 9.17) is 4.52 Å². The Kier molecular flexibility index (Phi) is 2.45. The van der Waals surface area contributed by atoms with Crippen molar-refractivity contribution in [2.75, 3.05) is 0 Å². The standard InChI is InChI=1S/C12H8N4O2/c17-10-4-9(6-14-7-10)12-15-11(16-18-12)8-2-1-3-13-5-8/h1-7,17H. The maximum atomic E-state index is 9.34. The molecule has 0 spiro atoms. The number of pyridine rings is 2. The SMILES string of the molecule is Oc1cncc(-c2nc(-c3cccnc3)no2)c1. The lowest BCUT2D eigenvalue weighted by molar-refractivity contribution is 0.431. The molecule has 0 radical (unpaired) electrons. The van der Waals surface area contributed by atoms with Gasteiger partial charge < -0.3 is 9.63 Å². The van der Waals surface area contributed by atoms with Gasteiger partial charge in [-0.2, -0.15) is 4.98 Å². The van der Waals surface area contributed by atoms with Gasteiger partial charge in [0.1, 0.15) is 5.75 Å². The van der Waals surface area contributed by atoms with Crippen molar-refractivity contribution in [2.45, 2.75) is 0 Å². The number of hydrogen-bond donors (Lipinski definition) is 1. The Balaban J connectivity index is 2.00. The number of nitrogens with zero attached hydrogens (tertiary/aromatic N) is 4. The summed E-state index contributed by atoms with van der Waals surface area (Å²) >= 11 is 0. The van der Waals surface area contributed by atoms with Gasteiger partial charge in [-0.15, -0.1) is 0 Å². The first-order valence-electron chi connectivity index (χ1n) is 5.21. The maximum Gasteiger partial charge on any atom is 0.259 e. The third-order valence-electron chi connectivity index (χ3n) is 2.32. The van der Waals surface area contributed by atoms with Crippen LogP contribution >= 0.6 is 0 Å². The molecule has 0 atom stereocenters. The largest absolute Gasteiger partial charge is 0.506 e. The van der Waals surface area contributed by atoms with E-state index in [9.17, 15) is 5.11 Å². The Labute approximate surface area is 102 Å². The Bertz CT molecular complexity index is 667. The summed E-state index contributed by atoms with van der Waals surface area (Å²) in [7, 11) is 0. The molecule has 0 aromatic carbocycles. The molecule has 0 saturated carbocycles. The van der Waals surface area contributed by atoms with Crippen LogP contribution in [0.4, 0.5) is 0 Å². The van der Waals surface area contributed by atoms with Gasteiger partial charge in [0.05, 0.1) is 11.8 Å². The molecule has 1 N–H and O–H groups in total. The fourth-order valence-corrected chi connectivity index (χ4v) is 1.50. The second-order valence-corrected chi connectivity index (χ2v) is 3.60. The van der Waals surface area contributed by atoms with Crippen LogP contribution in [-0.2, 0) is 0 Å². The first-order valence-corrected chi connectivity index (χ1v) is 5.21. The predicted octanol–water partition coefficient (Wildman–Crippen LogP) is 1.90. The zero-order chi connectivity index (χ0) is 12.4. The van der Waals surface area contributed by atoms with Crippen LogP contribution in [0.25, 0.3) is 22.8 Å². The quantitative estimate of drug-likeness (QED) is 0.736. The molecule has 0 amide bonds. The van der Waals surface area contributed by atoms with Gasteiger partial charge in [-0.05, 0) is 18.2 Å². The highest BCUT2D eigenvalue weighted by Gasteiger charge is 2.11. The van der Waals surface area contributed by atoms with Crippen molar-refractivity contribution in [1.82, 2.24) is 20.1 Å². The van der Waals surface area contributed by atoms with E-state index in [2.05, 4.69) is 20.1 Å². The fraction of sp³-hybridized carbons (Fsp3) is 0. The number of aromatic hydroxyl groups is 1. The molecule has 3 aromatic heterocycles. The molecule has 0 fully saturated rings. The van der Waals surface area contributed by atoms with E-state index in [0.717, 1.165) is 5.56 Å². The summed E-state index contributed by atoms with van der Waals surface area (Å²) in [6, 6.07) is 5.14. The molecule has 0 aliphatic rings. The third kappa shape index (κ3) is 1.91. The van der Waals surface area contributed by atoms with Gasteiger partial charge in [-0.1, -0.05) is 5.16 Å². The summed E-state index contributed by atoms with van der Waals surface area (Å²) < 4.78 is 5.12.